The molecule has 0 aliphatic carbocycles. The van der Waals surface area contributed by atoms with Gasteiger partial charge in [-0.05, 0) is 38.8 Å². The monoisotopic (exact) mass is 345 g/mol. The average molecular weight is 345 g/mol. The Hall–Kier alpha value is -2.21. The molecule has 0 aliphatic rings. The third-order valence-corrected chi connectivity index (χ3v) is 4.80. The molecule has 2 rings (SSSR count). The van der Waals surface area contributed by atoms with Crippen molar-refractivity contribution in [2.45, 2.75) is 40.7 Å². The number of hydrogen-bond donors (Lipinski definition) is 2. The lowest BCUT2D eigenvalue weighted by Crippen LogP contribution is -2.47. The second-order valence-electron chi connectivity index (χ2n) is 6.21. The number of aryl methyl sites for hydroxylation is 3. The van der Waals surface area contributed by atoms with Gasteiger partial charge in [0.2, 0.25) is 5.91 Å². The standard InChI is InChI=1S/C18H23N3O2S/c1-10(2)15(17(23)21-18-19-12(4)13(5)24-18)20-16(22)14-8-6-11(3)7-9-14/h6-10,15H,1-5H3,(H,20,22)(H,19,21,23). The van der Waals surface area contributed by atoms with E-state index in [1.165, 1.54) is 11.3 Å². The summed E-state index contributed by atoms with van der Waals surface area (Å²) in [5, 5.41) is 6.18. The molecule has 1 aromatic heterocycles. The minimum Gasteiger partial charge on any atom is -0.340 e. The maximum Gasteiger partial charge on any atom is 0.251 e. The van der Waals surface area contributed by atoms with Gasteiger partial charge in [-0.2, -0.15) is 0 Å². The van der Waals surface area contributed by atoms with Crippen LogP contribution in [0.4, 0.5) is 5.13 Å². The first-order valence-electron chi connectivity index (χ1n) is 7.90. The molecule has 1 aromatic carbocycles. The van der Waals surface area contributed by atoms with Crippen LogP contribution in [0, 0.1) is 26.7 Å². The lowest BCUT2D eigenvalue weighted by molar-refractivity contribution is -0.118. The Balaban J connectivity index is 2.09. The molecular formula is C18H23N3O2S. The summed E-state index contributed by atoms with van der Waals surface area (Å²) in [6.45, 7) is 9.63. The number of nitrogens with one attached hydrogen (secondary N) is 2. The second-order valence-corrected chi connectivity index (χ2v) is 7.41. The van der Waals surface area contributed by atoms with E-state index in [9.17, 15) is 9.59 Å². The molecule has 5 nitrogen and oxygen atoms in total. The number of benzene rings is 1. The highest BCUT2D eigenvalue weighted by Crippen LogP contribution is 2.21. The summed E-state index contributed by atoms with van der Waals surface area (Å²) in [6, 6.07) is 6.64. The third-order valence-electron chi connectivity index (χ3n) is 3.81. The molecule has 1 unspecified atom stereocenters. The Bertz CT molecular complexity index is 716. The quantitative estimate of drug-likeness (QED) is 0.872. The number of thiazole rings is 1. The van der Waals surface area contributed by atoms with Gasteiger partial charge in [0, 0.05) is 10.4 Å². The van der Waals surface area contributed by atoms with Crippen LogP contribution in [0.15, 0.2) is 24.3 Å². The second kappa shape index (κ2) is 7.57. The van der Waals surface area contributed by atoms with Crippen molar-refractivity contribution in [3.05, 3.63) is 46.0 Å². The van der Waals surface area contributed by atoms with Crippen molar-refractivity contribution >= 4 is 28.3 Å². The molecule has 0 radical (unpaired) electrons. The van der Waals surface area contributed by atoms with Gasteiger partial charge in [0.1, 0.15) is 6.04 Å². The van der Waals surface area contributed by atoms with E-state index in [4.69, 9.17) is 0 Å². The van der Waals surface area contributed by atoms with E-state index in [-0.39, 0.29) is 17.7 Å². The van der Waals surface area contributed by atoms with Gasteiger partial charge in [-0.3, -0.25) is 9.59 Å². The Kier molecular flexibility index (Phi) is 5.72. The molecule has 0 fully saturated rings. The molecule has 1 heterocycles. The van der Waals surface area contributed by atoms with Gasteiger partial charge in [-0.15, -0.1) is 11.3 Å². The van der Waals surface area contributed by atoms with E-state index in [0.29, 0.717) is 10.7 Å². The van der Waals surface area contributed by atoms with Crippen LogP contribution in [0.5, 0.6) is 0 Å². The summed E-state index contributed by atoms with van der Waals surface area (Å²) in [7, 11) is 0. The van der Waals surface area contributed by atoms with Crippen molar-refractivity contribution in [2.75, 3.05) is 5.32 Å². The van der Waals surface area contributed by atoms with E-state index in [2.05, 4.69) is 15.6 Å². The summed E-state index contributed by atoms with van der Waals surface area (Å²) in [4.78, 5) is 30.3. The fourth-order valence-corrected chi connectivity index (χ4v) is 2.99. The molecule has 0 saturated carbocycles. The first-order valence-corrected chi connectivity index (χ1v) is 8.72. The molecule has 24 heavy (non-hydrogen) atoms. The van der Waals surface area contributed by atoms with Crippen molar-refractivity contribution in [1.82, 2.24) is 10.3 Å². The van der Waals surface area contributed by atoms with Gasteiger partial charge in [-0.25, -0.2) is 4.98 Å². The zero-order valence-electron chi connectivity index (χ0n) is 14.6. The Labute approximate surface area is 146 Å². The van der Waals surface area contributed by atoms with Gasteiger partial charge < -0.3 is 10.6 Å². The number of rotatable bonds is 5. The van der Waals surface area contributed by atoms with Gasteiger partial charge in [0.25, 0.3) is 5.91 Å². The van der Waals surface area contributed by atoms with Gasteiger partial charge >= 0.3 is 0 Å². The van der Waals surface area contributed by atoms with E-state index in [1.54, 1.807) is 12.1 Å². The van der Waals surface area contributed by atoms with Crippen molar-refractivity contribution in [3.63, 3.8) is 0 Å². The van der Waals surface area contributed by atoms with Gasteiger partial charge in [-0.1, -0.05) is 31.5 Å². The van der Waals surface area contributed by atoms with Crippen LogP contribution in [0.1, 0.15) is 40.3 Å². The molecule has 0 aliphatic heterocycles. The molecule has 2 aromatic rings. The number of carbonyl (C=O) groups is 2. The van der Waals surface area contributed by atoms with Crippen LogP contribution < -0.4 is 10.6 Å². The lowest BCUT2D eigenvalue weighted by atomic mass is 10.0. The highest BCUT2D eigenvalue weighted by molar-refractivity contribution is 7.15. The first-order chi connectivity index (χ1) is 11.3. The van der Waals surface area contributed by atoms with Crippen molar-refractivity contribution < 1.29 is 9.59 Å². The molecule has 0 spiro atoms. The number of carbonyl (C=O) groups excluding carboxylic acids is 2. The molecule has 0 bridgehead atoms. The Morgan fingerprint density at radius 3 is 2.21 bits per heavy atom. The molecule has 128 valence electrons. The van der Waals surface area contributed by atoms with Crippen molar-refractivity contribution in [1.29, 1.82) is 0 Å². The van der Waals surface area contributed by atoms with Crippen LogP contribution >= 0.6 is 11.3 Å². The predicted octanol–water partition coefficient (Wildman–Crippen LogP) is 3.46. The van der Waals surface area contributed by atoms with Crippen LogP contribution in [0.25, 0.3) is 0 Å². The number of aromatic nitrogens is 1. The zero-order valence-corrected chi connectivity index (χ0v) is 15.5. The van der Waals surface area contributed by atoms with E-state index in [1.807, 2.05) is 46.8 Å². The fourth-order valence-electron chi connectivity index (χ4n) is 2.17. The predicted molar refractivity (Wildman–Crippen MR) is 97.5 cm³/mol. The minimum atomic E-state index is -0.622. The summed E-state index contributed by atoms with van der Waals surface area (Å²) >= 11 is 1.43. The van der Waals surface area contributed by atoms with Crippen molar-refractivity contribution in [3.8, 4) is 0 Å². The molecule has 2 N–H and O–H groups in total. The number of anilines is 1. The highest BCUT2D eigenvalue weighted by Gasteiger charge is 2.25. The summed E-state index contributed by atoms with van der Waals surface area (Å²) < 4.78 is 0. The topological polar surface area (TPSA) is 71.1 Å². The normalized spacial score (nSPS) is 12.1. The van der Waals surface area contributed by atoms with Crippen molar-refractivity contribution in [2.24, 2.45) is 5.92 Å². The molecule has 0 saturated heterocycles. The smallest absolute Gasteiger partial charge is 0.251 e. The van der Waals surface area contributed by atoms with Gasteiger partial charge in [0.05, 0.1) is 5.69 Å². The summed E-state index contributed by atoms with van der Waals surface area (Å²) in [5.41, 5.74) is 2.53. The first kappa shape index (κ1) is 18.1. The molecular weight excluding hydrogens is 322 g/mol. The van der Waals surface area contributed by atoms with Crippen LogP contribution in [-0.2, 0) is 4.79 Å². The third kappa shape index (κ3) is 4.41. The lowest BCUT2D eigenvalue weighted by Gasteiger charge is -2.21. The Morgan fingerprint density at radius 2 is 1.71 bits per heavy atom. The maximum absolute atomic E-state index is 12.5. The van der Waals surface area contributed by atoms with Crippen LogP contribution in [0.3, 0.4) is 0 Å². The molecule has 1 atom stereocenters. The zero-order chi connectivity index (χ0) is 17.9. The highest BCUT2D eigenvalue weighted by atomic mass is 32.1. The number of amides is 2. The van der Waals surface area contributed by atoms with Gasteiger partial charge in [0.15, 0.2) is 5.13 Å². The average Bonchev–Trinajstić information content (AvgIpc) is 2.82. The van der Waals surface area contributed by atoms with E-state index >= 15 is 0 Å². The molecule has 2 amide bonds. The fraction of sp³-hybridized carbons (Fsp3) is 0.389. The van der Waals surface area contributed by atoms with Crippen LogP contribution in [-0.4, -0.2) is 22.8 Å². The minimum absolute atomic E-state index is 0.0402. The number of nitrogens with zero attached hydrogens (tertiary/aromatic N) is 1. The SMILES string of the molecule is Cc1ccc(C(=O)NC(C(=O)Nc2nc(C)c(C)s2)C(C)C)cc1. The molecule has 6 heteroatoms. The maximum atomic E-state index is 12.5. The largest absolute Gasteiger partial charge is 0.340 e. The summed E-state index contributed by atoms with van der Waals surface area (Å²) in [5.74, 6) is -0.545. The Morgan fingerprint density at radius 1 is 1.08 bits per heavy atom. The number of hydrogen-bond acceptors (Lipinski definition) is 4. The van der Waals surface area contributed by atoms with Crippen LogP contribution in [0.2, 0.25) is 0 Å². The van der Waals surface area contributed by atoms with E-state index in [0.717, 1.165) is 16.1 Å². The summed E-state index contributed by atoms with van der Waals surface area (Å²) in [6.07, 6.45) is 0. The van der Waals surface area contributed by atoms with E-state index < -0.39 is 6.04 Å².